The highest BCUT2D eigenvalue weighted by atomic mass is 79.9. The summed E-state index contributed by atoms with van der Waals surface area (Å²) in [7, 11) is -0.597. The van der Waals surface area contributed by atoms with Crippen LogP contribution in [0.5, 0.6) is 5.75 Å². The Morgan fingerprint density at radius 2 is 2.19 bits per heavy atom. The van der Waals surface area contributed by atoms with Gasteiger partial charge in [0.2, 0.25) is 10.0 Å². The fourth-order valence-corrected chi connectivity index (χ4v) is 3.23. The van der Waals surface area contributed by atoms with Crippen molar-refractivity contribution in [1.29, 1.82) is 0 Å². The van der Waals surface area contributed by atoms with Gasteiger partial charge in [0.05, 0.1) is 19.3 Å². The molecule has 0 atom stereocenters. The number of sulfonamides is 1. The maximum atomic E-state index is 12.4. The van der Waals surface area contributed by atoms with Crippen molar-refractivity contribution in [2.24, 2.45) is 7.05 Å². The number of aromatic nitrogens is 2. The second-order valence-corrected chi connectivity index (χ2v) is 6.92. The molecular formula is C12H15BrN4O3S. The highest BCUT2D eigenvalue weighted by Gasteiger charge is 2.21. The summed E-state index contributed by atoms with van der Waals surface area (Å²) in [4.78, 5) is -0.0124. The fraction of sp³-hybridized carbons (Fsp3) is 0.250. The van der Waals surface area contributed by atoms with Gasteiger partial charge in [0.25, 0.3) is 0 Å². The number of methoxy groups -OCH3 is 1. The van der Waals surface area contributed by atoms with Crippen molar-refractivity contribution in [2.45, 2.75) is 11.4 Å². The smallest absolute Gasteiger partial charge is 0.244 e. The first kappa shape index (κ1) is 15.8. The van der Waals surface area contributed by atoms with Gasteiger partial charge in [-0.3, -0.25) is 4.68 Å². The van der Waals surface area contributed by atoms with Crippen LogP contribution >= 0.6 is 15.9 Å². The molecule has 0 aliphatic heterocycles. The Morgan fingerprint density at radius 1 is 1.48 bits per heavy atom. The number of aryl methyl sites for hydroxylation is 1. The monoisotopic (exact) mass is 374 g/mol. The van der Waals surface area contributed by atoms with E-state index in [1.807, 2.05) is 0 Å². The van der Waals surface area contributed by atoms with Crippen LogP contribution in [0.15, 0.2) is 33.8 Å². The zero-order chi connectivity index (χ0) is 15.6. The van der Waals surface area contributed by atoms with E-state index in [2.05, 4.69) is 25.8 Å². The topological polar surface area (TPSA) is 99.2 Å². The molecule has 1 aromatic heterocycles. The number of nitrogens with zero attached hydrogens (tertiary/aromatic N) is 2. The zero-order valence-electron chi connectivity index (χ0n) is 11.5. The van der Waals surface area contributed by atoms with E-state index in [1.165, 1.54) is 19.2 Å². The maximum Gasteiger partial charge on any atom is 0.244 e. The largest absolute Gasteiger partial charge is 0.495 e. The molecule has 3 N–H and O–H groups in total. The molecule has 0 amide bonds. The number of nitrogen functional groups attached to an aromatic ring is 1. The Labute approximate surface area is 131 Å². The predicted octanol–water partition coefficient (Wildman–Crippen LogP) is 1.25. The Kier molecular flexibility index (Phi) is 4.55. The van der Waals surface area contributed by atoms with Crippen LogP contribution in [0.3, 0.4) is 0 Å². The van der Waals surface area contributed by atoms with Crippen LogP contribution in [-0.2, 0) is 23.6 Å². The number of nitrogens with two attached hydrogens (primary N) is 1. The molecule has 9 heteroatoms. The second kappa shape index (κ2) is 6.04. The molecule has 0 fully saturated rings. The lowest BCUT2D eigenvalue weighted by atomic mass is 10.3. The van der Waals surface area contributed by atoms with Crippen molar-refractivity contribution >= 4 is 31.6 Å². The lowest BCUT2D eigenvalue weighted by molar-refractivity contribution is 0.402. The number of benzene rings is 1. The molecule has 2 aromatic rings. The lowest BCUT2D eigenvalue weighted by Gasteiger charge is -2.12. The minimum atomic E-state index is -3.76. The summed E-state index contributed by atoms with van der Waals surface area (Å²) in [5.74, 6) is 0.213. The van der Waals surface area contributed by atoms with Gasteiger partial charge in [0.15, 0.2) is 0 Å². The van der Waals surface area contributed by atoms with Crippen molar-refractivity contribution in [3.05, 3.63) is 34.6 Å². The van der Waals surface area contributed by atoms with Gasteiger partial charge < -0.3 is 10.5 Å². The van der Waals surface area contributed by atoms with Crippen LogP contribution in [0.4, 0.5) is 5.69 Å². The van der Waals surface area contributed by atoms with Gasteiger partial charge in [0.1, 0.15) is 10.6 Å². The molecule has 7 nitrogen and oxygen atoms in total. The summed E-state index contributed by atoms with van der Waals surface area (Å²) in [5.41, 5.74) is 6.67. The summed E-state index contributed by atoms with van der Waals surface area (Å²) < 4.78 is 34.5. The third-order valence-corrected chi connectivity index (χ3v) is 4.89. The van der Waals surface area contributed by atoms with Crippen molar-refractivity contribution in [1.82, 2.24) is 14.5 Å². The molecule has 21 heavy (non-hydrogen) atoms. The van der Waals surface area contributed by atoms with Gasteiger partial charge in [-0.25, -0.2) is 13.1 Å². The van der Waals surface area contributed by atoms with Gasteiger partial charge in [-0.1, -0.05) is 0 Å². The van der Waals surface area contributed by atoms with E-state index >= 15 is 0 Å². The van der Waals surface area contributed by atoms with Crippen LogP contribution in [-0.4, -0.2) is 25.3 Å². The molecule has 0 bridgehead atoms. The van der Waals surface area contributed by atoms with E-state index in [9.17, 15) is 8.42 Å². The van der Waals surface area contributed by atoms with Crippen molar-refractivity contribution in [3.8, 4) is 5.75 Å². The third kappa shape index (κ3) is 3.55. The normalized spacial score (nSPS) is 11.6. The molecule has 0 aliphatic carbocycles. The summed E-state index contributed by atoms with van der Waals surface area (Å²) in [5, 5.41) is 4.11. The van der Waals surface area contributed by atoms with Crippen LogP contribution in [0.25, 0.3) is 0 Å². The highest BCUT2D eigenvalue weighted by Crippen LogP contribution is 2.32. The van der Waals surface area contributed by atoms with Gasteiger partial charge in [-0.2, -0.15) is 5.10 Å². The lowest BCUT2D eigenvalue weighted by Crippen LogP contribution is -2.24. The van der Waals surface area contributed by atoms with E-state index in [0.29, 0.717) is 15.9 Å². The molecule has 1 heterocycles. The second-order valence-electron chi connectivity index (χ2n) is 4.33. The van der Waals surface area contributed by atoms with E-state index in [1.54, 1.807) is 24.0 Å². The van der Waals surface area contributed by atoms with Crippen LogP contribution in [0, 0.1) is 0 Å². The molecule has 0 unspecified atom stereocenters. The number of hydrogen-bond acceptors (Lipinski definition) is 5. The van der Waals surface area contributed by atoms with Crippen molar-refractivity contribution in [2.75, 3.05) is 12.8 Å². The Morgan fingerprint density at radius 3 is 2.76 bits per heavy atom. The fourth-order valence-electron chi connectivity index (χ4n) is 1.72. The van der Waals surface area contributed by atoms with E-state index in [4.69, 9.17) is 10.5 Å². The molecule has 0 radical (unpaired) electrons. The summed E-state index contributed by atoms with van der Waals surface area (Å²) in [6, 6.07) is 4.60. The Hall–Kier alpha value is -1.58. The Bertz CT molecular complexity index is 758. The summed E-state index contributed by atoms with van der Waals surface area (Å²) in [6.07, 6.45) is 1.74. The van der Waals surface area contributed by atoms with E-state index < -0.39 is 10.0 Å². The molecule has 0 spiro atoms. The van der Waals surface area contributed by atoms with Crippen LogP contribution < -0.4 is 15.2 Å². The minimum Gasteiger partial charge on any atom is -0.495 e. The molecule has 114 valence electrons. The van der Waals surface area contributed by atoms with Crippen molar-refractivity contribution < 1.29 is 13.2 Å². The molecule has 2 rings (SSSR count). The number of hydrogen-bond donors (Lipinski definition) is 2. The standard InChI is InChI=1S/C12H15BrN4O3S/c1-17-4-3-8(16-17)7-15-21(18,19)12-6-10(14)9(13)5-11(12)20-2/h3-6,15H,7,14H2,1-2H3. The molecule has 0 aliphatic rings. The highest BCUT2D eigenvalue weighted by molar-refractivity contribution is 9.10. The molecule has 1 aromatic carbocycles. The zero-order valence-corrected chi connectivity index (χ0v) is 13.9. The van der Waals surface area contributed by atoms with Gasteiger partial charge in [-0.05, 0) is 34.1 Å². The Balaban J connectivity index is 2.28. The molecular weight excluding hydrogens is 360 g/mol. The maximum absolute atomic E-state index is 12.4. The third-order valence-electron chi connectivity index (χ3n) is 2.78. The first-order chi connectivity index (χ1) is 9.83. The number of anilines is 1. The predicted molar refractivity (Wildman–Crippen MR) is 82.3 cm³/mol. The average Bonchev–Trinajstić information content (AvgIpc) is 2.85. The van der Waals surface area contributed by atoms with Gasteiger partial charge >= 0.3 is 0 Å². The summed E-state index contributed by atoms with van der Waals surface area (Å²) >= 11 is 3.23. The average molecular weight is 375 g/mol. The number of ether oxygens (including phenoxy) is 1. The van der Waals surface area contributed by atoms with E-state index in [0.717, 1.165) is 0 Å². The van der Waals surface area contributed by atoms with Gasteiger partial charge in [-0.15, -0.1) is 0 Å². The number of halogens is 1. The molecule has 0 saturated carbocycles. The summed E-state index contributed by atoms with van der Waals surface area (Å²) in [6.45, 7) is 0.0856. The first-order valence-corrected chi connectivity index (χ1v) is 8.22. The van der Waals surface area contributed by atoms with Crippen LogP contribution in [0.2, 0.25) is 0 Å². The van der Waals surface area contributed by atoms with Gasteiger partial charge in [0, 0.05) is 23.4 Å². The van der Waals surface area contributed by atoms with Crippen molar-refractivity contribution in [3.63, 3.8) is 0 Å². The number of rotatable bonds is 5. The SMILES string of the molecule is COc1cc(Br)c(N)cc1S(=O)(=O)NCc1ccn(C)n1. The minimum absolute atomic E-state index is 0.0124. The quantitative estimate of drug-likeness (QED) is 0.767. The first-order valence-electron chi connectivity index (χ1n) is 5.94. The van der Waals surface area contributed by atoms with E-state index in [-0.39, 0.29) is 17.2 Å². The van der Waals surface area contributed by atoms with Crippen LogP contribution in [0.1, 0.15) is 5.69 Å². The molecule has 0 saturated heterocycles. The number of nitrogens with one attached hydrogen (secondary N) is 1.